The predicted octanol–water partition coefficient (Wildman–Crippen LogP) is -4.53. The molecule has 0 rings (SSSR count). The minimum absolute atomic E-state index is 0. The Morgan fingerprint density at radius 3 is 1.00 bits per heavy atom. The minimum atomic E-state index is -2.17. The van der Waals surface area contributed by atoms with Crippen molar-refractivity contribution in [2.75, 3.05) is 0 Å². The van der Waals surface area contributed by atoms with Crippen molar-refractivity contribution in [2.24, 2.45) is 0 Å². The van der Waals surface area contributed by atoms with Gasteiger partial charge in [-0.1, -0.05) is 0 Å². The molecule has 0 aliphatic rings. The maximum atomic E-state index is 7.17. The molecule has 0 bridgehead atoms. The van der Waals surface area contributed by atoms with Gasteiger partial charge >= 0.3 is 131 Å². The summed E-state index contributed by atoms with van der Waals surface area (Å²) in [4.78, 5) is 0. The molecule has 7 heavy (non-hydrogen) atoms. The first-order valence-corrected chi connectivity index (χ1v) is 0.775. The third-order valence-electron chi connectivity index (χ3n) is 0. The zero-order chi connectivity index (χ0) is 3.58. The molecule has 0 aliphatic carbocycles. The van der Waals surface area contributed by atoms with Crippen LogP contribution in [0, 0.1) is 0 Å². The Kier molecular flexibility index (Phi) is 53.0. The summed E-state index contributed by atoms with van der Waals surface area (Å²) in [6, 6.07) is 0. The molecule has 0 aromatic heterocycles. The van der Waals surface area contributed by atoms with Gasteiger partial charge in [0.1, 0.15) is 0 Å². The summed E-state index contributed by atoms with van der Waals surface area (Å²) >= 11 is 0. The molecule has 0 saturated heterocycles. The maximum absolute atomic E-state index is 7.17. The van der Waals surface area contributed by atoms with Gasteiger partial charge in [-0.3, -0.25) is 0 Å². The number of hydrogen-bond acceptors (Lipinski definition) is 3. The van der Waals surface area contributed by atoms with Gasteiger partial charge in [-0.05, 0) is 0 Å². The van der Waals surface area contributed by atoms with Gasteiger partial charge in [0, 0.05) is 0 Å². The normalized spacial score (nSPS) is 3.86. The van der Waals surface area contributed by atoms with Crippen molar-refractivity contribution in [3.05, 3.63) is 0 Å². The molecule has 0 atom stereocenters. The third-order valence-corrected chi connectivity index (χ3v) is 0. The molecule has 0 spiro atoms. The Labute approximate surface area is 142 Å². The average Bonchev–Trinajstić information content (AvgIpc) is 0.811. The summed E-state index contributed by atoms with van der Waals surface area (Å²) < 4.78 is 0. The van der Waals surface area contributed by atoms with Crippen molar-refractivity contribution < 1.29 is 15.1 Å². The Hall–Kier alpha value is 4.00. The van der Waals surface area contributed by atoms with Crippen LogP contribution < -0.4 is 0 Å². The SMILES string of the molecule is OB(O)O.[BaH2].[NaH].[SrH2]. The molecule has 0 radical (unpaired) electrons. The molecular formula is H8BBaNaO3Sr. The fourth-order valence-corrected chi connectivity index (χ4v) is 0. The fourth-order valence-electron chi connectivity index (χ4n) is 0. The molecule has 0 aromatic rings. The van der Waals surface area contributed by atoms with Crippen LogP contribution in [-0.2, 0) is 0 Å². The van der Waals surface area contributed by atoms with Crippen molar-refractivity contribution in [3.8, 4) is 0 Å². The summed E-state index contributed by atoms with van der Waals surface area (Å²) in [7, 11) is -2.17. The predicted molar refractivity (Wildman–Crippen MR) is 36.6 cm³/mol. The molecular weight excluding hydrogens is 307 g/mol. The zero-order valence-corrected chi connectivity index (χ0v) is 1.92. The Morgan fingerprint density at radius 2 is 1.00 bits per heavy atom. The van der Waals surface area contributed by atoms with E-state index in [0.29, 0.717) is 0 Å². The van der Waals surface area contributed by atoms with E-state index < -0.39 is 7.32 Å². The number of hydrogen-bond donors (Lipinski definition) is 3. The summed E-state index contributed by atoms with van der Waals surface area (Å²) in [5.41, 5.74) is 0. The average molecular weight is 315 g/mol. The molecule has 0 aromatic carbocycles. The van der Waals surface area contributed by atoms with E-state index in [0.717, 1.165) is 0 Å². The third kappa shape index (κ3) is 40.0. The Bertz CT molecular complexity index is 19.7. The standard InChI is InChI=1S/BH3O3.Ba.Na.Sr.5H/c2-1(3)4;;;;;;;;/h2-4H;;;;;;;;. The van der Waals surface area contributed by atoms with Gasteiger partial charge < -0.3 is 15.1 Å². The van der Waals surface area contributed by atoms with Crippen LogP contribution in [0.2, 0.25) is 0 Å². The van der Waals surface area contributed by atoms with E-state index in [9.17, 15) is 0 Å². The second-order valence-corrected chi connectivity index (χ2v) is 0.346. The van der Waals surface area contributed by atoms with E-state index in [4.69, 9.17) is 15.1 Å². The van der Waals surface area contributed by atoms with Gasteiger partial charge in [0.15, 0.2) is 0 Å². The van der Waals surface area contributed by atoms with Gasteiger partial charge in [0.2, 0.25) is 0 Å². The molecule has 0 heterocycles. The van der Waals surface area contributed by atoms with Crippen molar-refractivity contribution >= 4 is 131 Å². The van der Waals surface area contributed by atoms with Crippen LogP contribution in [-0.4, -0.2) is 146 Å². The molecule has 7 heteroatoms. The molecule has 0 fully saturated rings. The summed E-state index contributed by atoms with van der Waals surface area (Å²) in [6.45, 7) is 0. The van der Waals surface area contributed by atoms with E-state index >= 15 is 0 Å². The molecule has 0 aliphatic heterocycles. The zero-order valence-electron chi connectivity index (χ0n) is 1.92. The van der Waals surface area contributed by atoms with Gasteiger partial charge in [-0.2, -0.15) is 0 Å². The second kappa shape index (κ2) is 16.5. The molecule has 3 nitrogen and oxygen atoms in total. The van der Waals surface area contributed by atoms with Crippen LogP contribution in [0.25, 0.3) is 0 Å². The van der Waals surface area contributed by atoms with Crippen LogP contribution in [0.1, 0.15) is 0 Å². The van der Waals surface area contributed by atoms with Crippen molar-refractivity contribution in [1.82, 2.24) is 0 Å². The summed E-state index contributed by atoms with van der Waals surface area (Å²) in [5.74, 6) is 0. The van der Waals surface area contributed by atoms with Crippen LogP contribution in [0.15, 0.2) is 0 Å². The van der Waals surface area contributed by atoms with Crippen LogP contribution >= 0.6 is 0 Å². The first kappa shape index (κ1) is 22.4. The van der Waals surface area contributed by atoms with E-state index in [-0.39, 0.29) is 124 Å². The summed E-state index contributed by atoms with van der Waals surface area (Å²) in [6.07, 6.45) is 0. The first-order chi connectivity index (χ1) is 1.73. The van der Waals surface area contributed by atoms with Crippen molar-refractivity contribution in [3.63, 3.8) is 0 Å². The van der Waals surface area contributed by atoms with Crippen LogP contribution in [0.3, 0.4) is 0 Å². The van der Waals surface area contributed by atoms with Crippen LogP contribution in [0.5, 0.6) is 0 Å². The van der Waals surface area contributed by atoms with Gasteiger partial charge in [0.25, 0.3) is 0 Å². The molecule has 34 valence electrons. The second-order valence-electron chi connectivity index (χ2n) is 0.346. The van der Waals surface area contributed by atoms with Gasteiger partial charge in [-0.15, -0.1) is 0 Å². The van der Waals surface area contributed by atoms with E-state index in [2.05, 4.69) is 0 Å². The quantitative estimate of drug-likeness (QED) is 0.395. The molecule has 0 amide bonds. The Balaban J connectivity index is -0.0000000150. The molecule has 0 saturated carbocycles. The van der Waals surface area contributed by atoms with Gasteiger partial charge in [0.05, 0.1) is 0 Å². The molecule has 3 N–H and O–H groups in total. The van der Waals surface area contributed by atoms with E-state index in [1.807, 2.05) is 0 Å². The van der Waals surface area contributed by atoms with Crippen molar-refractivity contribution in [2.45, 2.75) is 0 Å². The Morgan fingerprint density at radius 1 is 1.00 bits per heavy atom. The van der Waals surface area contributed by atoms with E-state index in [1.165, 1.54) is 0 Å². The first-order valence-electron chi connectivity index (χ1n) is 0.775. The summed E-state index contributed by atoms with van der Waals surface area (Å²) in [5, 5.41) is 21.5. The van der Waals surface area contributed by atoms with E-state index in [1.54, 1.807) is 0 Å². The number of rotatable bonds is 0. The molecule has 0 unspecified atom stereocenters. The fraction of sp³-hybridized carbons (Fsp3) is 0. The monoisotopic (exact) mass is 316 g/mol. The van der Waals surface area contributed by atoms with Gasteiger partial charge in [-0.25, -0.2) is 0 Å². The van der Waals surface area contributed by atoms with Crippen molar-refractivity contribution in [1.29, 1.82) is 0 Å². The van der Waals surface area contributed by atoms with Crippen LogP contribution in [0.4, 0.5) is 0 Å². The topological polar surface area (TPSA) is 60.7 Å².